The number of rotatable bonds is 7. The van der Waals surface area contributed by atoms with Crippen molar-refractivity contribution in [2.24, 2.45) is 0 Å². The molecule has 110 valence electrons. The number of aryl methyl sites for hydroxylation is 1. The summed E-state index contributed by atoms with van der Waals surface area (Å²) in [5, 5.41) is 7.75. The molecule has 0 aliphatic carbocycles. The average molecular weight is 296 g/mol. The van der Waals surface area contributed by atoms with Crippen molar-refractivity contribution in [1.29, 1.82) is 0 Å². The lowest BCUT2D eigenvalue weighted by Crippen LogP contribution is -2.16. The molecule has 2 rings (SSSR count). The van der Waals surface area contributed by atoms with Crippen LogP contribution in [0, 0.1) is 0 Å². The SMILES string of the molecule is CCCn1nccc1CNCc1cccc(OC)c1.Cl. The summed E-state index contributed by atoms with van der Waals surface area (Å²) in [6.07, 6.45) is 2.96. The lowest BCUT2D eigenvalue weighted by Gasteiger charge is -2.08. The van der Waals surface area contributed by atoms with Crippen molar-refractivity contribution in [1.82, 2.24) is 15.1 Å². The van der Waals surface area contributed by atoms with Crippen LogP contribution in [-0.4, -0.2) is 16.9 Å². The Morgan fingerprint density at radius 3 is 2.85 bits per heavy atom. The van der Waals surface area contributed by atoms with Crippen LogP contribution in [0.5, 0.6) is 5.75 Å². The summed E-state index contributed by atoms with van der Waals surface area (Å²) in [5.41, 5.74) is 2.45. The second-order valence-corrected chi connectivity index (χ2v) is 4.50. The first-order valence-electron chi connectivity index (χ1n) is 6.68. The molecule has 0 aliphatic heterocycles. The Hall–Kier alpha value is -1.52. The molecule has 1 N–H and O–H groups in total. The maximum Gasteiger partial charge on any atom is 0.119 e. The first kappa shape index (κ1) is 16.5. The molecule has 1 aromatic carbocycles. The summed E-state index contributed by atoms with van der Waals surface area (Å²) in [7, 11) is 1.69. The van der Waals surface area contributed by atoms with Crippen LogP contribution in [0.4, 0.5) is 0 Å². The minimum Gasteiger partial charge on any atom is -0.497 e. The highest BCUT2D eigenvalue weighted by Crippen LogP contribution is 2.12. The van der Waals surface area contributed by atoms with Gasteiger partial charge in [-0.15, -0.1) is 12.4 Å². The van der Waals surface area contributed by atoms with Gasteiger partial charge >= 0.3 is 0 Å². The van der Waals surface area contributed by atoms with Gasteiger partial charge in [0.1, 0.15) is 5.75 Å². The fourth-order valence-electron chi connectivity index (χ4n) is 2.04. The van der Waals surface area contributed by atoms with Gasteiger partial charge in [0, 0.05) is 25.8 Å². The molecular weight excluding hydrogens is 274 g/mol. The van der Waals surface area contributed by atoms with E-state index in [4.69, 9.17) is 4.74 Å². The number of nitrogens with zero attached hydrogens (tertiary/aromatic N) is 2. The van der Waals surface area contributed by atoms with Crippen molar-refractivity contribution in [2.45, 2.75) is 33.0 Å². The average Bonchev–Trinajstić information content (AvgIpc) is 2.87. The third kappa shape index (κ3) is 4.54. The normalized spacial score (nSPS) is 10.1. The number of methoxy groups -OCH3 is 1. The standard InChI is InChI=1S/C15H21N3O.ClH/c1-3-9-18-14(7-8-17-18)12-16-11-13-5-4-6-15(10-13)19-2;/h4-8,10,16H,3,9,11-12H2,1-2H3;1H. The molecule has 0 spiro atoms. The smallest absolute Gasteiger partial charge is 0.119 e. The van der Waals surface area contributed by atoms with Crippen molar-refractivity contribution in [3.8, 4) is 5.75 Å². The lowest BCUT2D eigenvalue weighted by molar-refractivity contribution is 0.414. The maximum atomic E-state index is 5.22. The van der Waals surface area contributed by atoms with Crippen LogP contribution >= 0.6 is 12.4 Å². The molecule has 1 heterocycles. The molecule has 20 heavy (non-hydrogen) atoms. The summed E-state index contributed by atoms with van der Waals surface area (Å²) in [6.45, 7) is 4.80. The zero-order valence-corrected chi connectivity index (χ0v) is 12.8. The molecule has 5 heteroatoms. The summed E-state index contributed by atoms with van der Waals surface area (Å²) in [4.78, 5) is 0. The van der Waals surface area contributed by atoms with Gasteiger partial charge in [-0.3, -0.25) is 4.68 Å². The third-order valence-corrected chi connectivity index (χ3v) is 3.01. The van der Waals surface area contributed by atoms with Gasteiger partial charge in [0.25, 0.3) is 0 Å². The zero-order valence-electron chi connectivity index (χ0n) is 12.0. The Balaban J connectivity index is 0.00000200. The molecule has 0 aliphatic rings. The minimum atomic E-state index is 0. The first-order valence-corrected chi connectivity index (χ1v) is 6.68. The van der Waals surface area contributed by atoms with Crippen LogP contribution in [-0.2, 0) is 19.6 Å². The van der Waals surface area contributed by atoms with Gasteiger partial charge in [0.15, 0.2) is 0 Å². The zero-order chi connectivity index (χ0) is 13.5. The topological polar surface area (TPSA) is 39.1 Å². The summed E-state index contributed by atoms with van der Waals surface area (Å²) < 4.78 is 7.27. The molecule has 0 saturated carbocycles. The molecule has 2 aromatic rings. The quantitative estimate of drug-likeness (QED) is 0.853. The van der Waals surface area contributed by atoms with Crippen LogP contribution in [0.25, 0.3) is 0 Å². The summed E-state index contributed by atoms with van der Waals surface area (Å²) in [5.74, 6) is 0.898. The molecular formula is C15H22ClN3O. The minimum absolute atomic E-state index is 0. The maximum absolute atomic E-state index is 5.22. The predicted octanol–water partition coefficient (Wildman–Crippen LogP) is 3.01. The molecule has 0 amide bonds. The fourth-order valence-corrected chi connectivity index (χ4v) is 2.04. The van der Waals surface area contributed by atoms with E-state index in [0.717, 1.165) is 31.8 Å². The number of benzene rings is 1. The van der Waals surface area contributed by atoms with E-state index >= 15 is 0 Å². The van der Waals surface area contributed by atoms with Crippen LogP contribution in [0.3, 0.4) is 0 Å². The largest absolute Gasteiger partial charge is 0.497 e. The second-order valence-electron chi connectivity index (χ2n) is 4.50. The highest BCUT2D eigenvalue weighted by molar-refractivity contribution is 5.85. The van der Waals surface area contributed by atoms with E-state index in [1.807, 2.05) is 18.3 Å². The van der Waals surface area contributed by atoms with E-state index in [2.05, 4.69) is 40.2 Å². The van der Waals surface area contributed by atoms with Crippen molar-refractivity contribution in [3.05, 3.63) is 47.8 Å². The van der Waals surface area contributed by atoms with Gasteiger partial charge in [0.05, 0.1) is 12.8 Å². The molecule has 0 radical (unpaired) electrons. The molecule has 0 saturated heterocycles. The highest BCUT2D eigenvalue weighted by atomic mass is 35.5. The van der Waals surface area contributed by atoms with Crippen molar-refractivity contribution in [2.75, 3.05) is 7.11 Å². The number of hydrogen-bond donors (Lipinski definition) is 1. The van der Waals surface area contributed by atoms with Gasteiger partial charge in [-0.1, -0.05) is 19.1 Å². The van der Waals surface area contributed by atoms with E-state index in [9.17, 15) is 0 Å². The van der Waals surface area contributed by atoms with Crippen LogP contribution in [0.15, 0.2) is 36.5 Å². The molecule has 0 unspecified atom stereocenters. The fraction of sp³-hybridized carbons (Fsp3) is 0.400. The van der Waals surface area contributed by atoms with Gasteiger partial charge in [-0.05, 0) is 30.2 Å². The van der Waals surface area contributed by atoms with Gasteiger partial charge in [-0.2, -0.15) is 5.10 Å². The highest BCUT2D eigenvalue weighted by Gasteiger charge is 2.01. The first-order chi connectivity index (χ1) is 9.33. The van der Waals surface area contributed by atoms with Gasteiger partial charge in [-0.25, -0.2) is 0 Å². The summed E-state index contributed by atoms with van der Waals surface area (Å²) >= 11 is 0. The molecule has 0 fully saturated rings. The van der Waals surface area contributed by atoms with Crippen LogP contribution < -0.4 is 10.1 Å². The van der Waals surface area contributed by atoms with Crippen molar-refractivity contribution >= 4 is 12.4 Å². The number of halogens is 1. The van der Waals surface area contributed by atoms with Crippen molar-refractivity contribution < 1.29 is 4.74 Å². The lowest BCUT2D eigenvalue weighted by atomic mass is 10.2. The summed E-state index contributed by atoms with van der Waals surface area (Å²) in [6, 6.07) is 10.2. The Morgan fingerprint density at radius 2 is 2.10 bits per heavy atom. The van der Waals surface area contributed by atoms with E-state index in [1.54, 1.807) is 7.11 Å². The monoisotopic (exact) mass is 295 g/mol. The number of ether oxygens (including phenoxy) is 1. The molecule has 0 atom stereocenters. The predicted molar refractivity (Wildman–Crippen MR) is 83.3 cm³/mol. The van der Waals surface area contributed by atoms with E-state index in [1.165, 1.54) is 11.3 Å². The number of aromatic nitrogens is 2. The molecule has 0 bridgehead atoms. The van der Waals surface area contributed by atoms with E-state index in [0.29, 0.717) is 0 Å². The van der Waals surface area contributed by atoms with Crippen molar-refractivity contribution in [3.63, 3.8) is 0 Å². The van der Waals surface area contributed by atoms with Crippen LogP contribution in [0.1, 0.15) is 24.6 Å². The number of hydrogen-bond acceptors (Lipinski definition) is 3. The number of nitrogens with one attached hydrogen (secondary N) is 1. The Bertz CT molecular complexity index is 513. The van der Waals surface area contributed by atoms with Gasteiger partial charge < -0.3 is 10.1 Å². The second kappa shape index (κ2) is 8.61. The Morgan fingerprint density at radius 1 is 1.25 bits per heavy atom. The molecule has 4 nitrogen and oxygen atoms in total. The van der Waals surface area contributed by atoms with Gasteiger partial charge in [0.2, 0.25) is 0 Å². The Labute approximate surface area is 126 Å². The Kier molecular flexibility index (Phi) is 7.12. The molecule has 1 aromatic heterocycles. The third-order valence-electron chi connectivity index (χ3n) is 3.01. The van der Waals surface area contributed by atoms with Crippen LogP contribution in [0.2, 0.25) is 0 Å². The van der Waals surface area contributed by atoms with E-state index < -0.39 is 0 Å². The van der Waals surface area contributed by atoms with E-state index in [-0.39, 0.29) is 12.4 Å².